The number of para-hydroxylation sites is 1. The molecule has 3 aromatic carbocycles. The van der Waals surface area contributed by atoms with Gasteiger partial charge in [0.05, 0.1) is 25.5 Å². The Morgan fingerprint density at radius 1 is 0.879 bits per heavy atom. The Balaban J connectivity index is 1.68. The van der Waals surface area contributed by atoms with Gasteiger partial charge in [0.1, 0.15) is 0 Å². The molecule has 8 nitrogen and oxygen atoms in total. The van der Waals surface area contributed by atoms with Crippen molar-refractivity contribution >= 4 is 11.6 Å². The molecule has 0 saturated carbocycles. The molecule has 0 spiro atoms. The summed E-state index contributed by atoms with van der Waals surface area (Å²) in [5.41, 5.74) is 2.88. The fourth-order valence-corrected chi connectivity index (χ4v) is 4.63. The molecule has 6 rings (SSSR count). The predicted molar refractivity (Wildman–Crippen MR) is 122 cm³/mol. The minimum absolute atomic E-state index is 0.222. The molecule has 3 heterocycles. The zero-order valence-electron chi connectivity index (χ0n) is 17.9. The van der Waals surface area contributed by atoms with Gasteiger partial charge in [0.2, 0.25) is 0 Å². The maximum atomic E-state index is 13.7. The molecule has 8 heteroatoms. The normalized spacial score (nSPS) is 15.4. The summed E-state index contributed by atoms with van der Waals surface area (Å²) in [5, 5.41) is 4.73. The van der Waals surface area contributed by atoms with E-state index < -0.39 is 11.7 Å². The van der Waals surface area contributed by atoms with Crippen LogP contribution in [0.2, 0.25) is 0 Å². The maximum absolute atomic E-state index is 13.7. The van der Waals surface area contributed by atoms with E-state index in [1.165, 1.54) is 14.2 Å². The SMILES string of the molecule is COc1ccc2c(c1OC)C(=O)N1c3ccccc3-c3nc(=O)c(-c4ccccc4)nn3[C@H]21. The first-order valence-electron chi connectivity index (χ1n) is 10.4. The number of aromatic nitrogens is 3. The number of carbonyl (C=O) groups excluding carboxylic acids is 1. The highest BCUT2D eigenvalue weighted by molar-refractivity contribution is 6.15. The average Bonchev–Trinajstić information content (AvgIpc) is 3.16. The van der Waals surface area contributed by atoms with Gasteiger partial charge >= 0.3 is 0 Å². The van der Waals surface area contributed by atoms with E-state index >= 15 is 0 Å². The molecule has 1 aromatic heterocycles. The van der Waals surface area contributed by atoms with Crippen molar-refractivity contribution in [1.29, 1.82) is 0 Å². The van der Waals surface area contributed by atoms with E-state index in [0.717, 1.165) is 0 Å². The molecule has 1 amide bonds. The summed E-state index contributed by atoms with van der Waals surface area (Å²) in [6.07, 6.45) is -0.618. The Bertz CT molecular complexity index is 1500. The van der Waals surface area contributed by atoms with Crippen LogP contribution in [0, 0.1) is 0 Å². The lowest BCUT2D eigenvalue weighted by atomic mass is 10.0. The number of amides is 1. The molecule has 33 heavy (non-hydrogen) atoms. The van der Waals surface area contributed by atoms with Crippen molar-refractivity contribution in [1.82, 2.24) is 14.8 Å². The number of fused-ring (bicyclic) bond motifs is 8. The van der Waals surface area contributed by atoms with Crippen molar-refractivity contribution in [2.75, 3.05) is 19.1 Å². The van der Waals surface area contributed by atoms with Crippen LogP contribution >= 0.6 is 0 Å². The van der Waals surface area contributed by atoms with Gasteiger partial charge in [-0.05, 0) is 18.2 Å². The molecule has 0 fully saturated rings. The second kappa shape index (κ2) is 7.03. The number of hydrogen-bond acceptors (Lipinski definition) is 6. The zero-order chi connectivity index (χ0) is 22.7. The van der Waals surface area contributed by atoms with Crippen LogP contribution in [0.3, 0.4) is 0 Å². The van der Waals surface area contributed by atoms with Crippen molar-refractivity contribution in [2.24, 2.45) is 0 Å². The van der Waals surface area contributed by atoms with Crippen LogP contribution < -0.4 is 19.9 Å². The van der Waals surface area contributed by atoms with E-state index in [9.17, 15) is 9.59 Å². The van der Waals surface area contributed by atoms with Crippen molar-refractivity contribution in [3.8, 4) is 34.1 Å². The quantitative estimate of drug-likeness (QED) is 0.487. The van der Waals surface area contributed by atoms with Gasteiger partial charge in [-0.15, -0.1) is 0 Å². The molecule has 1 atom stereocenters. The fourth-order valence-electron chi connectivity index (χ4n) is 4.63. The van der Waals surface area contributed by atoms with E-state index in [-0.39, 0.29) is 11.6 Å². The second-order valence-electron chi connectivity index (χ2n) is 7.73. The van der Waals surface area contributed by atoms with E-state index in [1.807, 2.05) is 60.7 Å². The summed E-state index contributed by atoms with van der Waals surface area (Å²) < 4.78 is 12.7. The highest BCUT2D eigenvalue weighted by Crippen LogP contribution is 2.50. The molecule has 2 aliphatic rings. The van der Waals surface area contributed by atoms with Crippen molar-refractivity contribution in [3.05, 3.63) is 88.2 Å². The number of ether oxygens (including phenoxy) is 2. The third kappa shape index (κ3) is 2.57. The standard InChI is InChI=1S/C25H18N4O4/c1-32-18-13-12-16-19(21(18)33-2)25(31)28-17-11-7-6-10-15(17)22-26-23(30)20(27-29(22)24(16)28)14-8-4-3-5-9-14/h3-13,24H,1-2H3/t24-/m1/s1. The lowest BCUT2D eigenvalue weighted by Gasteiger charge is -2.34. The van der Waals surface area contributed by atoms with Crippen LogP contribution in [0.1, 0.15) is 22.1 Å². The van der Waals surface area contributed by atoms with E-state index in [4.69, 9.17) is 14.6 Å². The Morgan fingerprint density at radius 3 is 2.39 bits per heavy atom. The largest absolute Gasteiger partial charge is 0.493 e. The van der Waals surface area contributed by atoms with Crippen LogP contribution in [0.25, 0.3) is 22.6 Å². The predicted octanol–water partition coefficient (Wildman–Crippen LogP) is 3.51. The van der Waals surface area contributed by atoms with E-state index in [0.29, 0.717) is 45.3 Å². The Morgan fingerprint density at radius 2 is 1.64 bits per heavy atom. The third-order valence-electron chi connectivity index (χ3n) is 6.05. The van der Waals surface area contributed by atoms with Crippen LogP contribution in [0.15, 0.2) is 71.5 Å². The first-order chi connectivity index (χ1) is 16.1. The van der Waals surface area contributed by atoms with Gasteiger partial charge in [-0.1, -0.05) is 48.5 Å². The number of rotatable bonds is 3. The van der Waals surface area contributed by atoms with E-state index in [1.54, 1.807) is 15.6 Å². The van der Waals surface area contributed by atoms with Gasteiger partial charge in [0.15, 0.2) is 29.2 Å². The van der Waals surface area contributed by atoms with Crippen LogP contribution in [-0.4, -0.2) is 34.9 Å². The van der Waals surface area contributed by atoms with Crippen molar-refractivity contribution in [3.63, 3.8) is 0 Å². The summed E-state index contributed by atoms with van der Waals surface area (Å²) in [7, 11) is 3.04. The van der Waals surface area contributed by atoms with Gasteiger partial charge in [-0.3, -0.25) is 14.5 Å². The second-order valence-corrected chi connectivity index (χ2v) is 7.73. The summed E-state index contributed by atoms with van der Waals surface area (Å²) in [6, 6.07) is 20.2. The molecular weight excluding hydrogens is 420 g/mol. The summed E-state index contributed by atoms with van der Waals surface area (Å²) in [6.45, 7) is 0. The number of hydrogen-bond donors (Lipinski definition) is 0. The van der Waals surface area contributed by atoms with Gasteiger partial charge in [-0.25, -0.2) is 4.68 Å². The minimum atomic E-state index is -0.618. The first kappa shape index (κ1) is 19.2. The van der Waals surface area contributed by atoms with Gasteiger partial charge in [0.25, 0.3) is 11.5 Å². The molecule has 4 aromatic rings. The molecule has 162 valence electrons. The molecule has 0 radical (unpaired) electrons. The van der Waals surface area contributed by atoms with Gasteiger partial charge in [-0.2, -0.15) is 10.1 Å². The van der Waals surface area contributed by atoms with Crippen LogP contribution in [0.5, 0.6) is 11.5 Å². The summed E-state index contributed by atoms with van der Waals surface area (Å²) in [4.78, 5) is 32.8. The highest BCUT2D eigenvalue weighted by atomic mass is 16.5. The molecule has 0 aliphatic carbocycles. The molecule has 0 bridgehead atoms. The smallest absolute Gasteiger partial charge is 0.300 e. The van der Waals surface area contributed by atoms with Crippen LogP contribution in [-0.2, 0) is 0 Å². The Hall–Kier alpha value is -4.46. The minimum Gasteiger partial charge on any atom is -0.493 e. The Labute approximate surface area is 188 Å². The fraction of sp³-hybridized carbons (Fsp3) is 0.120. The number of methoxy groups -OCH3 is 2. The number of nitrogens with zero attached hydrogens (tertiary/aromatic N) is 4. The molecule has 0 N–H and O–H groups in total. The van der Waals surface area contributed by atoms with Crippen LogP contribution in [0.4, 0.5) is 5.69 Å². The van der Waals surface area contributed by atoms with E-state index in [2.05, 4.69) is 4.98 Å². The monoisotopic (exact) mass is 438 g/mol. The lowest BCUT2D eigenvalue weighted by molar-refractivity contribution is 0.0983. The topological polar surface area (TPSA) is 86.6 Å². The molecule has 2 aliphatic heterocycles. The first-order valence-corrected chi connectivity index (χ1v) is 10.4. The number of carbonyl (C=O) groups is 1. The average molecular weight is 438 g/mol. The molecule has 0 unspecified atom stereocenters. The highest BCUT2D eigenvalue weighted by Gasteiger charge is 2.47. The molecule has 0 saturated heterocycles. The Kier molecular flexibility index (Phi) is 4.10. The summed E-state index contributed by atoms with van der Waals surface area (Å²) in [5.74, 6) is 1.01. The lowest BCUT2D eigenvalue weighted by Crippen LogP contribution is -2.39. The zero-order valence-corrected chi connectivity index (χ0v) is 17.9. The number of benzene rings is 3. The van der Waals surface area contributed by atoms with Crippen molar-refractivity contribution in [2.45, 2.75) is 6.17 Å². The number of anilines is 1. The van der Waals surface area contributed by atoms with Gasteiger partial charge in [0, 0.05) is 16.7 Å². The maximum Gasteiger partial charge on any atom is 0.300 e. The van der Waals surface area contributed by atoms with Gasteiger partial charge < -0.3 is 9.47 Å². The molecular formula is C25H18N4O4. The third-order valence-corrected chi connectivity index (χ3v) is 6.05. The van der Waals surface area contributed by atoms with Crippen molar-refractivity contribution < 1.29 is 14.3 Å². The summed E-state index contributed by atoms with van der Waals surface area (Å²) >= 11 is 0.